The molecule has 0 fully saturated rings. The summed E-state index contributed by atoms with van der Waals surface area (Å²) in [6.07, 6.45) is 0. The van der Waals surface area contributed by atoms with Crippen molar-refractivity contribution < 1.29 is 14.4 Å². The molecular formula is C25H29N5O4. The topological polar surface area (TPSA) is 122 Å². The number of carbonyl (C=O) groups excluding carboxylic acids is 3. The van der Waals surface area contributed by atoms with Gasteiger partial charge in [0.05, 0.1) is 5.39 Å². The summed E-state index contributed by atoms with van der Waals surface area (Å²) in [5.41, 5.74) is 5.80. The highest BCUT2D eigenvalue weighted by Gasteiger charge is 2.21. The van der Waals surface area contributed by atoms with Crippen molar-refractivity contribution in [3.8, 4) is 0 Å². The summed E-state index contributed by atoms with van der Waals surface area (Å²) in [5, 5.41) is 7.47. The summed E-state index contributed by atoms with van der Waals surface area (Å²) in [5.74, 6) is -1.69. The fourth-order valence-corrected chi connectivity index (χ4v) is 3.37. The third-order valence-electron chi connectivity index (χ3n) is 5.44. The number of hydrogen-bond donors (Lipinski definition) is 3. The molecular weight excluding hydrogens is 434 g/mol. The van der Waals surface area contributed by atoms with Crippen molar-refractivity contribution in [1.82, 2.24) is 25.9 Å². The van der Waals surface area contributed by atoms with Crippen LogP contribution in [0.4, 0.5) is 0 Å². The van der Waals surface area contributed by atoms with Gasteiger partial charge in [0.15, 0.2) is 5.69 Å². The summed E-state index contributed by atoms with van der Waals surface area (Å²) in [4.78, 5) is 50.1. The van der Waals surface area contributed by atoms with E-state index < -0.39 is 23.8 Å². The van der Waals surface area contributed by atoms with Crippen LogP contribution in [-0.4, -0.2) is 33.5 Å². The summed E-state index contributed by atoms with van der Waals surface area (Å²) in [7, 11) is 0. The molecule has 3 N–H and O–H groups in total. The van der Waals surface area contributed by atoms with E-state index in [4.69, 9.17) is 0 Å². The van der Waals surface area contributed by atoms with Crippen LogP contribution >= 0.6 is 0 Å². The summed E-state index contributed by atoms with van der Waals surface area (Å²) in [6.45, 7) is 9.78. The summed E-state index contributed by atoms with van der Waals surface area (Å²) < 4.78 is 1.19. The van der Waals surface area contributed by atoms with E-state index >= 15 is 0 Å². The highest BCUT2D eigenvalue weighted by atomic mass is 16.2. The molecule has 9 heteroatoms. The Morgan fingerprint density at radius 1 is 0.941 bits per heavy atom. The molecule has 0 aliphatic heterocycles. The Morgan fingerprint density at radius 2 is 1.56 bits per heavy atom. The number of fused-ring (bicyclic) bond motifs is 1. The van der Waals surface area contributed by atoms with Crippen molar-refractivity contribution >= 4 is 28.5 Å². The molecule has 1 heterocycles. The molecule has 0 spiro atoms. The lowest BCUT2D eigenvalue weighted by molar-refractivity contribution is -0.123. The minimum absolute atomic E-state index is 0.00739. The lowest BCUT2D eigenvalue weighted by atomic mass is 9.86. The number of benzene rings is 2. The Labute approximate surface area is 197 Å². The van der Waals surface area contributed by atoms with Gasteiger partial charge in [-0.1, -0.05) is 51.1 Å². The van der Waals surface area contributed by atoms with Crippen LogP contribution in [0.1, 0.15) is 61.0 Å². The smallest absolute Gasteiger partial charge is 0.290 e. The average molecular weight is 464 g/mol. The first-order chi connectivity index (χ1) is 16.0. The van der Waals surface area contributed by atoms with Crippen LogP contribution in [-0.2, 0) is 16.8 Å². The predicted octanol–water partition coefficient (Wildman–Crippen LogP) is 2.29. The second-order valence-electron chi connectivity index (χ2n) is 8.98. The van der Waals surface area contributed by atoms with Gasteiger partial charge in [0, 0.05) is 17.5 Å². The van der Waals surface area contributed by atoms with E-state index in [1.54, 1.807) is 43.3 Å². The molecule has 0 unspecified atom stereocenters. The van der Waals surface area contributed by atoms with E-state index in [0.29, 0.717) is 16.3 Å². The Morgan fingerprint density at radius 3 is 2.15 bits per heavy atom. The molecule has 0 bridgehead atoms. The van der Waals surface area contributed by atoms with E-state index in [-0.39, 0.29) is 23.2 Å². The van der Waals surface area contributed by atoms with Gasteiger partial charge in [-0.3, -0.25) is 30.0 Å². The molecule has 2 aromatic carbocycles. The molecule has 3 aromatic rings. The first-order valence-electron chi connectivity index (χ1n) is 11.0. The van der Waals surface area contributed by atoms with Crippen LogP contribution in [0.3, 0.4) is 0 Å². The van der Waals surface area contributed by atoms with Gasteiger partial charge in [-0.15, -0.1) is 0 Å². The predicted molar refractivity (Wildman–Crippen MR) is 129 cm³/mol. The van der Waals surface area contributed by atoms with Crippen LogP contribution in [0, 0.1) is 0 Å². The van der Waals surface area contributed by atoms with Gasteiger partial charge in [-0.2, -0.15) is 5.10 Å². The Hall–Kier alpha value is -4.01. The minimum atomic E-state index is -0.913. The van der Waals surface area contributed by atoms with Crippen molar-refractivity contribution in [2.45, 2.75) is 52.6 Å². The SMILES string of the molecule is CCn1nc(C(=O)NNC(=O)[C@H](C)NC(=O)c2ccc(C(C)(C)C)cc2)c2ccccc2c1=O. The van der Waals surface area contributed by atoms with Crippen LogP contribution < -0.4 is 21.7 Å². The monoisotopic (exact) mass is 463 g/mol. The molecule has 1 atom stereocenters. The second kappa shape index (κ2) is 9.86. The number of hydrogen-bond acceptors (Lipinski definition) is 5. The van der Waals surface area contributed by atoms with E-state index in [1.165, 1.54) is 11.6 Å². The van der Waals surface area contributed by atoms with Crippen LogP contribution in [0.5, 0.6) is 0 Å². The highest BCUT2D eigenvalue weighted by Crippen LogP contribution is 2.22. The maximum atomic E-state index is 12.7. The zero-order valence-corrected chi connectivity index (χ0v) is 19.9. The lowest BCUT2D eigenvalue weighted by Gasteiger charge is -2.19. The first kappa shape index (κ1) is 24.6. The number of nitrogens with zero attached hydrogens (tertiary/aromatic N) is 2. The molecule has 1 aromatic heterocycles. The molecule has 0 aliphatic rings. The molecule has 0 radical (unpaired) electrons. The van der Waals surface area contributed by atoms with Gasteiger partial charge in [0.1, 0.15) is 6.04 Å². The number of aryl methyl sites for hydroxylation is 1. The number of carbonyl (C=O) groups is 3. The number of amides is 3. The van der Waals surface area contributed by atoms with E-state index in [9.17, 15) is 19.2 Å². The number of nitrogens with one attached hydrogen (secondary N) is 3. The van der Waals surface area contributed by atoms with E-state index in [2.05, 4.69) is 42.0 Å². The number of aromatic nitrogens is 2. The highest BCUT2D eigenvalue weighted by molar-refractivity contribution is 6.05. The van der Waals surface area contributed by atoms with Gasteiger partial charge < -0.3 is 5.32 Å². The zero-order chi connectivity index (χ0) is 25.0. The standard InChI is InChI=1S/C25H29N5O4/c1-6-30-24(34)19-10-8-7-9-18(19)20(29-30)23(33)28-27-21(31)15(2)26-22(32)16-11-13-17(14-12-16)25(3,4)5/h7-15H,6H2,1-5H3,(H,26,32)(H,27,31)(H,28,33)/t15-/m0/s1. The van der Waals surface area contributed by atoms with Crippen molar-refractivity contribution in [3.63, 3.8) is 0 Å². The third-order valence-corrected chi connectivity index (χ3v) is 5.44. The quantitative estimate of drug-likeness (QED) is 0.501. The van der Waals surface area contributed by atoms with E-state index in [1.807, 2.05) is 12.1 Å². The van der Waals surface area contributed by atoms with Gasteiger partial charge in [-0.05, 0) is 43.0 Å². The Balaban J connectivity index is 1.65. The normalized spacial score (nSPS) is 12.1. The summed E-state index contributed by atoms with van der Waals surface area (Å²) >= 11 is 0. The second-order valence-corrected chi connectivity index (χ2v) is 8.98. The van der Waals surface area contributed by atoms with Gasteiger partial charge in [0.2, 0.25) is 0 Å². The van der Waals surface area contributed by atoms with E-state index in [0.717, 1.165) is 5.56 Å². The molecule has 0 aliphatic carbocycles. The first-order valence-corrected chi connectivity index (χ1v) is 11.0. The largest absolute Gasteiger partial charge is 0.340 e. The third kappa shape index (κ3) is 5.31. The maximum absolute atomic E-state index is 12.7. The fourth-order valence-electron chi connectivity index (χ4n) is 3.37. The molecule has 0 saturated carbocycles. The molecule has 9 nitrogen and oxygen atoms in total. The fraction of sp³-hybridized carbons (Fsp3) is 0.320. The Kier molecular flexibility index (Phi) is 7.14. The maximum Gasteiger partial charge on any atom is 0.290 e. The summed E-state index contributed by atoms with van der Waals surface area (Å²) in [6, 6.07) is 12.9. The molecule has 178 valence electrons. The molecule has 34 heavy (non-hydrogen) atoms. The van der Waals surface area contributed by atoms with Crippen LogP contribution in [0.25, 0.3) is 10.8 Å². The van der Waals surface area contributed by atoms with Crippen LogP contribution in [0.15, 0.2) is 53.3 Å². The molecule has 3 amide bonds. The average Bonchev–Trinajstić information content (AvgIpc) is 2.82. The van der Waals surface area contributed by atoms with Crippen molar-refractivity contribution in [1.29, 1.82) is 0 Å². The van der Waals surface area contributed by atoms with Crippen molar-refractivity contribution in [2.24, 2.45) is 0 Å². The zero-order valence-electron chi connectivity index (χ0n) is 19.9. The van der Waals surface area contributed by atoms with Gasteiger partial charge >= 0.3 is 0 Å². The lowest BCUT2D eigenvalue weighted by Crippen LogP contribution is -2.51. The van der Waals surface area contributed by atoms with Crippen molar-refractivity contribution in [2.75, 3.05) is 0 Å². The number of hydrazine groups is 1. The molecule has 3 rings (SSSR count). The van der Waals surface area contributed by atoms with Gasteiger partial charge in [-0.25, -0.2) is 4.68 Å². The van der Waals surface area contributed by atoms with Crippen molar-refractivity contribution in [3.05, 3.63) is 75.7 Å². The minimum Gasteiger partial charge on any atom is -0.340 e. The number of rotatable bonds is 5. The van der Waals surface area contributed by atoms with Gasteiger partial charge in [0.25, 0.3) is 23.3 Å². The van der Waals surface area contributed by atoms with Crippen LogP contribution in [0.2, 0.25) is 0 Å². The Bertz CT molecular complexity index is 1290. The molecule has 0 saturated heterocycles.